The van der Waals surface area contributed by atoms with Gasteiger partial charge in [0.05, 0.1) is 11.1 Å². The molecule has 0 spiro atoms. The van der Waals surface area contributed by atoms with E-state index in [1.807, 2.05) is 7.05 Å². The van der Waals surface area contributed by atoms with Crippen LogP contribution < -0.4 is 5.73 Å². The SMILES string of the molecule is CN1CC[C@H](C(N)=S)[C@@H](O)C1. The summed E-state index contributed by atoms with van der Waals surface area (Å²) in [6.45, 7) is 1.65. The van der Waals surface area contributed by atoms with Crippen molar-refractivity contribution in [1.82, 2.24) is 4.90 Å². The molecule has 0 amide bonds. The van der Waals surface area contributed by atoms with E-state index in [0.29, 0.717) is 11.5 Å². The van der Waals surface area contributed by atoms with Gasteiger partial charge in [0.1, 0.15) is 0 Å². The Morgan fingerprint density at radius 2 is 2.36 bits per heavy atom. The molecule has 1 aliphatic heterocycles. The molecule has 0 aromatic carbocycles. The monoisotopic (exact) mass is 174 g/mol. The molecule has 1 saturated heterocycles. The van der Waals surface area contributed by atoms with Crippen LogP contribution in [0.4, 0.5) is 0 Å². The smallest absolute Gasteiger partial charge is 0.0785 e. The van der Waals surface area contributed by atoms with Gasteiger partial charge < -0.3 is 15.7 Å². The molecule has 1 aliphatic rings. The van der Waals surface area contributed by atoms with Gasteiger partial charge in [0.15, 0.2) is 0 Å². The molecular formula is C7H14N2OS. The molecule has 64 valence electrons. The molecule has 1 heterocycles. The van der Waals surface area contributed by atoms with E-state index in [9.17, 15) is 5.11 Å². The summed E-state index contributed by atoms with van der Waals surface area (Å²) in [5.41, 5.74) is 5.46. The van der Waals surface area contributed by atoms with E-state index in [1.165, 1.54) is 0 Å². The van der Waals surface area contributed by atoms with Gasteiger partial charge in [0.25, 0.3) is 0 Å². The quantitative estimate of drug-likeness (QED) is 0.530. The molecule has 2 atom stereocenters. The van der Waals surface area contributed by atoms with Gasteiger partial charge in [0, 0.05) is 12.5 Å². The van der Waals surface area contributed by atoms with Crippen LogP contribution in [0, 0.1) is 5.92 Å². The normalized spacial score (nSPS) is 33.6. The van der Waals surface area contributed by atoms with Crippen LogP contribution in [0.3, 0.4) is 0 Å². The maximum absolute atomic E-state index is 9.50. The first kappa shape index (κ1) is 8.90. The van der Waals surface area contributed by atoms with Gasteiger partial charge in [-0.15, -0.1) is 0 Å². The summed E-state index contributed by atoms with van der Waals surface area (Å²) in [4.78, 5) is 2.53. The first-order chi connectivity index (χ1) is 5.11. The van der Waals surface area contributed by atoms with Gasteiger partial charge in [-0.2, -0.15) is 0 Å². The van der Waals surface area contributed by atoms with E-state index >= 15 is 0 Å². The van der Waals surface area contributed by atoms with E-state index in [1.54, 1.807) is 0 Å². The fraction of sp³-hybridized carbons (Fsp3) is 0.857. The van der Waals surface area contributed by atoms with Crippen molar-refractivity contribution in [2.45, 2.75) is 12.5 Å². The molecule has 0 bridgehead atoms. The van der Waals surface area contributed by atoms with Crippen LogP contribution in [0.1, 0.15) is 6.42 Å². The van der Waals surface area contributed by atoms with Gasteiger partial charge >= 0.3 is 0 Å². The average molecular weight is 174 g/mol. The van der Waals surface area contributed by atoms with Crippen LogP contribution in [0.2, 0.25) is 0 Å². The molecule has 3 N–H and O–H groups in total. The first-order valence-electron chi connectivity index (χ1n) is 3.77. The summed E-state index contributed by atoms with van der Waals surface area (Å²) in [7, 11) is 1.99. The minimum atomic E-state index is -0.369. The number of hydrogen-bond acceptors (Lipinski definition) is 3. The number of nitrogens with zero attached hydrogens (tertiary/aromatic N) is 1. The minimum Gasteiger partial charge on any atom is -0.393 e. The third kappa shape index (κ3) is 2.12. The van der Waals surface area contributed by atoms with Crippen LogP contribution in [-0.2, 0) is 0 Å². The number of piperidine rings is 1. The zero-order valence-electron chi connectivity index (χ0n) is 6.66. The van der Waals surface area contributed by atoms with Crippen molar-refractivity contribution in [3.63, 3.8) is 0 Å². The molecule has 11 heavy (non-hydrogen) atoms. The topological polar surface area (TPSA) is 49.5 Å². The Kier molecular flexibility index (Phi) is 2.81. The summed E-state index contributed by atoms with van der Waals surface area (Å²) in [6, 6.07) is 0. The Morgan fingerprint density at radius 3 is 2.82 bits per heavy atom. The number of hydrogen-bond donors (Lipinski definition) is 2. The molecule has 3 nitrogen and oxygen atoms in total. The zero-order chi connectivity index (χ0) is 8.43. The lowest BCUT2D eigenvalue weighted by atomic mass is 9.94. The maximum Gasteiger partial charge on any atom is 0.0785 e. The molecule has 1 rings (SSSR count). The average Bonchev–Trinajstić information content (AvgIpc) is 1.85. The number of rotatable bonds is 1. The Morgan fingerprint density at radius 1 is 1.73 bits per heavy atom. The number of nitrogens with two attached hydrogens (primary N) is 1. The lowest BCUT2D eigenvalue weighted by molar-refractivity contribution is 0.0598. The van der Waals surface area contributed by atoms with Crippen molar-refractivity contribution in [2.75, 3.05) is 20.1 Å². The van der Waals surface area contributed by atoms with Crippen LogP contribution in [-0.4, -0.2) is 41.2 Å². The standard InChI is InChI=1S/C7H14N2OS/c1-9-3-2-5(7(8)11)6(10)4-9/h5-6,10H,2-4H2,1H3,(H2,8,11)/t5-,6-/m0/s1. The number of aliphatic hydroxyl groups excluding tert-OH is 1. The lowest BCUT2D eigenvalue weighted by Crippen LogP contribution is -2.46. The van der Waals surface area contributed by atoms with E-state index in [2.05, 4.69) is 4.90 Å². The van der Waals surface area contributed by atoms with Crippen molar-refractivity contribution in [2.24, 2.45) is 11.7 Å². The highest BCUT2D eigenvalue weighted by Crippen LogP contribution is 2.16. The van der Waals surface area contributed by atoms with E-state index in [-0.39, 0.29) is 12.0 Å². The van der Waals surface area contributed by atoms with Crippen LogP contribution in [0.15, 0.2) is 0 Å². The molecule has 0 aliphatic carbocycles. The molecule has 0 radical (unpaired) electrons. The summed E-state index contributed by atoms with van der Waals surface area (Å²) in [6.07, 6.45) is 0.513. The lowest BCUT2D eigenvalue weighted by Gasteiger charge is -2.32. The first-order valence-corrected chi connectivity index (χ1v) is 4.18. The highest BCUT2D eigenvalue weighted by atomic mass is 32.1. The van der Waals surface area contributed by atoms with Crippen molar-refractivity contribution < 1.29 is 5.11 Å². The molecule has 1 fully saturated rings. The second kappa shape index (κ2) is 3.47. The van der Waals surface area contributed by atoms with Gasteiger partial charge in [-0.3, -0.25) is 0 Å². The molecule has 0 unspecified atom stereocenters. The molecule has 4 heteroatoms. The van der Waals surface area contributed by atoms with E-state index < -0.39 is 0 Å². The van der Waals surface area contributed by atoms with Crippen molar-refractivity contribution in [3.05, 3.63) is 0 Å². The molecule has 0 aromatic heterocycles. The highest BCUT2D eigenvalue weighted by molar-refractivity contribution is 7.80. The third-order valence-electron chi connectivity index (χ3n) is 2.15. The number of aliphatic hydroxyl groups is 1. The van der Waals surface area contributed by atoms with Crippen molar-refractivity contribution >= 4 is 17.2 Å². The molecular weight excluding hydrogens is 160 g/mol. The fourth-order valence-electron chi connectivity index (χ4n) is 1.42. The number of likely N-dealkylation sites (N-methyl/N-ethyl adjacent to an activating group) is 1. The van der Waals surface area contributed by atoms with Crippen molar-refractivity contribution in [1.29, 1.82) is 0 Å². The summed E-state index contributed by atoms with van der Waals surface area (Å²) in [5, 5.41) is 9.50. The van der Waals surface area contributed by atoms with E-state index in [4.69, 9.17) is 18.0 Å². The van der Waals surface area contributed by atoms with Gasteiger partial charge in [-0.25, -0.2) is 0 Å². The summed E-state index contributed by atoms with van der Waals surface area (Å²) in [5.74, 6) is 0.0289. The Labute approximate surface area is 72.2 Å². The Bertz CT molecular complexity index is 163. The van der Waals surface area contributed by atoms with Gasteiger partial charge in [-0.1, -0.05) is 12.2 Å². The van der Waals surface area contributed by atoms with Gasteiger partial charge in [0.2, 0.25) is 0 Å². The Balaban J connectivity index is 2.50. The zero-order valence-corrected chi connectivity index (χ0v) is 7.47. The van der Waals surface area contributed by atoms with Crippen LogP contribution >= 0.6 is 12.2 Å². The predicted octanol–water partition coefficient (Wildman–Crippen LogP) is -0.415. The maximum atomic E-state index is 9.50. The predicted molar refractivity (Wildman–Crippen MR) is 48.4 cm³/mol. The molecule has 0 saturated carbocycles. The second-order valence-electron chi connectivity index (χ2n) is 3.13. The van der Waals surface area contributed by atoms with E-state index in [0.717, 1.165) is 13.0 Å². The van der Waals surface area contributed by atoms with Gasteiger partial charge in [-0.05, 0) is 20.0 Å². The second-order valence-corrected chi connectivity index (χ2v) is 3.60. The fourth-order valence-corrected chi connectivity index (χ4v) is 1.70. The summed E-state index contributed by atoms with van der Waals surface area (Å²) >= 11 is 4.83. The van der Waals surface area contributed by atoms with Crippen LogP contribution in [0.25, 0.3) is 0 Å². The molecule has 0 aromatic rings. The minimum absolute atomic E-state index is 0.0289. The number of likely N-dealkylation sites (tertiary alicyclic amines) is 1. The third-order valence-corrected chi connectivity index (χ3v) is 2.45. The largest absolute Gasteiger partial charge is 0.393 e. The number of β-amino-alcohol motifs (C(OH)–C–C–N with tert-alkyl or cyclic N) is 1. The highest BCUT2D eigenvalue weighted by Gasteiger charge is 2.27. The Hall–Kier alpha value is -0.190. The van der Waals surface area contributed by atoms with Crippen LogP contribution in [0.5, 0.6) is 0 Å². The van der Waals surface area contributed by atoms with Crippen molar-refractivity contribution in [3.8, 4) is 0 Å². The summed E-state index contributed by atoms with van der Waals surface area (Å²) < 4.78 is 0. The number of thiocarbonyl (C=S) groups is 1.